The topological polar surface area (TPSA) is 49.4 Å². The van der Waals surface area contributed by atoms with Crippen LogP contribution in [-0.2, 0) is 21.9 Å². The quantitative estimate of drug-likeness (QED) is 0.590. The highest BCUT2D eigenvalue weighted by molar-refractivity contribution is 7.99. The number of hydrogen-bond acceptors (Lipinski definition) is 3. The van der Waals surface area contributed by atoms with E-state index in [1.54, 1.807) is 16.7 Å². The molecule has 0 unspecified atom stereocenters. The number of nitrogens with zero attached hydrogens (tertiary/aromatic N) is 1. The average molecular weight is 427 g/mol. The fraction of sp³-hybridized carbons (Fsp3) is 0.440. The van der Waals surface area contributed by atoms with Crippen molar-refractivity contribution in [2.24, 2.45) is 0 Å². The van der Waals surface area contributed by atoms with Crippen molar-refractivity contribution < 1.29 is 9.59 Å². The number of thioether (sulfide) groups is 1. The van der Waals surface area contributed by atoms with Gasteiger partial charge in [0.05, 0.1) is 5.75 Å². The summed E-state index contributed by atoms with van der Waals surface area (Å²) in [6.07, 6.45) is 0.858. The predicted octanol–water partition coefficient (Wildman–Crippen LogP) is 4.87. The fourth-order valence-electron chi connectivity index (χ4n) is 2.96. The largest absolute Gasteiger partial charge is 0.352 e. The van der Waals surface area contributed by atoms with Crippen molar-refractivity contribution in [3.8, 4) is 0 Å². The first-order chi connectivity index (χ1) is 14.3. The van der Waals surface area contributed by atoms with Gasteiger partial charge in [-0.25, -0.2) is 0 Å². The Morgan fingerprint density at radius 1 is 0.933 bits per heavy atom. The van der Waals surface area contributed by atoms with Crippen molar-refractivity contribution in [2.45, 2.75) is 65.4 Å². The number of nitrogens with one attached hydrogen (secondary N) is 1. The van der Waals surface area contributed by atoms with Crippen LogP contribution in [0.25, 0.3) is 0 Å². The Balaban J connectivity index is 2.06. The van der Waals surface area contributed by atoms with Crippen LogP contribution in [-0.4, -0.2) is 34.6 Å². The molecular formula is C25H34N2O2S. The average Bonchev–Trinajstić information content (AvgIpc) is 2.74. The lowest BCUT2D eigenvalue weighted by molar-refractivity contribution is -0.138. The standard InChI is InChI=1S/C25H34N2O2S/c1-6-20(4)26-25(29)21(5)27(15-22-11-7-18(2)8-12-22)24(28)17-30-16-23-13-9-19(3)10-14-23/h7-14,20-21H,6,15-17H2,1-5H3,(H,26,29)/t20-,21-/m0/s1. The molecule has 0 aliphatic heterocycles. The Morgan fingerprint density at radius 3 is 2.00 bits per heavy atom. The number of hydrogen-bond donors (Lipinski definition) is 1. The van der Waals surface area contributed by atoms with Crippen LogP contribution in [0.5, 0.6) is 0 Å². The summed E-state index contributed by atoms with van der Waals surface area (Å²) in [4.78, 5) is 27.5. The third-order valence-electron chi connectivity index (χ3n) is 5.26. The molecule has 30 heavy (non-hydrogen) atoms. The van der Waals surface area contributed by atoms with E-state index in [4.69, 9.17) is 0 Å². The summed E-state index contributed by atoms with van der Waals surface area (Å²) in [5, 5.41) is 3.01. The Bertz CT molecular complexity index is 818. The monoisotopic (exact) mass is 426 g/mol. The number of carbonyl (C=O) groups excluding carboxylic acids is 2. The summed E-state index contributed by atoms with van der Waals surface area (Å²) < 4.78 is 0. The van der Waals surface area contributed by atoms with E-state index in [2.05, 4.69) is 36.5 Å². The molecule has 0 aliphatic carbocycles. The zero-order chi connectivity index (χ0) is 22.1. The first-order valence-corrected chi connectivity index (χ1v) is 11.7. The number of rotatable bonds is 10. The molecule has 0 spiro atoms. The van der Waals surface area contributed by atoms with Gasteiger partial charge in [-0.15, -0.1) is 11.8 Å². The third kappa shape index (κ3) is 7.52. The molecule has 0 saturated heterocycles. The molecule has 0 heterocycles. The van der Waals surface area contributed by atoms with Gasteiger partial charge >= 0.3 is 0 Å². The van der Waals surface area contributed by atoms with E-state index >= 15 is 0 Å². The second-order valence-corrected chi connectivity index (χ2v) is 8.97. The summed E-state index contributed by atoms with van der Waals surface area (Å²) in [5.74, 6) is 1.01. The van der Waals surface area contributed by atoms with Crippen molar-refractivity contribution in [1.29, 1.82) is 0 Å². The van der Waals surface area contributed by atoms with Crippen LogP contribution in [0.4, 0.5) is 0 Å². The third-order valence-corrected chi connectivity index (χ3v) is 6.25. The van der Waals surface area contributed by atoms with Crippen LogP contribution in [0, 0.1) is 13.8 Å². The predicted molar refractivity (Wildman–Crippen MR) is 126 cm³/mol. The molecule has 2 aromatic rings. The first-order valence-electron chi connectivity index (χ1n) is 10.6. The van der Waals surface area contributed by atoms with Crippen LogP contribution in [0.1, 0.15) is 49.4 Å². The van der Waals surface area contributed by atoms with E-state index < -0.39 is 6.04 Å². The highest BCUT2D eigenvalue weighted by Gasteiger charge is 2.26. The van der Waals surface area contributed by atoms with Crippen LogP contribution < -0.4 is 5.32 Å². The SMILES string of the molecule is CC[C@H](C)NC(=O)[C@H](C)N(Cc1ccc(C)cc1)C(=O)CSCc1ccc(C)cc1. The van der Waals surface area contributed by atoms with Gasteiger partial charge in [0.1, 0.15) is 6.04 Å². The maximum Gasteiger partial charge on any atom is 0.242 e. The number of amides is 2. The maximum atomic E-state index is 13.1. The normalized spacial score (nSPS) is 12.8. The van der Waals surface area contributed by atoms with Crippen molar-refractivity contribution >= 4 is 23.6 Å². The lowest BCUT2D eigenvalue weighted by Crippen LogP contribution is -2.50. The summed E-state index contributed by atoms with van der Waals surface area (Å²) in [7, 11) is 0. The molecule has 0 aliphatic rings. The molecular weight excluding hydrogens is 392 g/mol. The molecule has 162 valence electrons. The van der Waals surface area contributed by atoms with Crippen LogP contribution in [0.15, 0.2) is 48.5 Å². The summed E-state index contributed by atoms with van der Waals surface area (Å²) in [6.45, 7) is 10.4. The minimum Gasteiger partial charge on any atom is -0.352 e. The van der Waals surface area contributed by atoms with Gasteiger partial charge in [-0.1, -0.05) is 66.6 Å². The van der Waals surface area contributed by atoms with Gasteiger partial charge in [-0.2, -0.15) is 0 Å². The molecule has 0 fully saturated rings. The number of aryl methyl sites for hydroxylation is 2. The Morgan fingerprint density at radius 2 is 1.47 bits per heavy atom. The fourth-order valence-corrected chi connectivity index (χ4v) is 3.83. The minimum absolute atomic E-state index is 0.0144. The lowest BCUT2D eigenvalue weighted by Gasteiger charge is -2.29. The van der Waals surface area contributed by atoms with E-state index in [-0.39, 0.29) is 17.9 Å². The van der Waals surface area contributed by atoms with E-state index in [0.29, 0.717) is 12.3 Å². The molecule has 2 aromatic carbocycles. The Labute approximate surface area is 185 Å². The highest BCUT2D eigenvalue weighted by Crippen LogP contribution is 2.17. The zero-order valence-electron chi connectivity index (χ0n) is 18.8. The lowest BCUT2D eigenvalue weighted by atomic mass is 10.1. The second-order valence-electron chi connectivity index (χ2n) is 7.98. The molecule has 5 heteroatoms. The zero-order valence-corrected chi connectivity index (χ0v) is 19.6. The van der Waals surface area contributed by atoms with Crippen molar-refractivity contribution in [3.63, 3.8) is 0 Å². The molecule has 0 aromatic heterocycles. The molecule has 2 atom stereocenters. The van der Waals surface area contributed by atoms with Crippen LogP contribution in [0.2, 0.25) is 0 Å². The first kappa shape index (κ1) is 24.0. The van der Waals surface area contributed by atoms with Crippen molar-refractivity contribution in [3.05, 3.63) is 70.8 Å². The summed E-state index contributed by atoms with van der Waals surface area (Å²) in [5.41, 5.74) is 4.63. The van der Waals surface area contributed by atoms with Crippen molar-refractivity contribution in [1.82, 2.24) is 10.2 Å². The molecule has 2 amide bonds. The van der Waals surface area contributed by atoms with E-state index in [0.717, 1.165) is 17.7 Å². The van der Waals surface area contributed by atoms with Gasteiger partial charge in [0, 0.05) is 18.3 Å². The number of carbonyl (C=O) groups is 2. The molecule has 0 radical (unpaired) electrons. The summed E-state index contributed by atoms with van der Waals surface area (Å²) >= 11 is 1.59. The van der Waals surface area contributed by atoms with Gasteiger partial charge in [0.15, 0.2) is 0 Å². The van der Waals surface area contributed by atoms with Gasteiger partial charge in [0.2, 0.25) is 11.8 Å². The molecule has 1 N–H and O–H groups in total. The highest BCUT2D eigenvalue weighted by atomic mass is 32.2. The molecule has 4 nitrogen and oxygen atoms in total. The number of benzene rings is 2. The van der Waals surface area contributed by atoms with Gasteiger partial charge in [-0.05, 0) is 45.2 Å². The Hall–Kier alpha value is -2.27. The smallest absolute Gasteiger partial charge is 0.242 e. The second kappa shape index (κ2) is 11.8. The molecule has 0 bridgehead atoms. The van der Waals surface area contributed by atoms with Gasteiger partial charge in [-0.3, -0.25) is 9.59 Å². The Kier molecular flexibility index (Phi) is 9.44. The summed E-state index contributed by atoms with van der Waals surface area (Å²) in [6, 6.07) is 16.0. The minimum atomic E-state index is -0.521. The van der Waals surface area contributed by atoms with E-state index in [9.17, 15) is 9.59 Å². The van der Waals surface area contributed by atoms with E-state index in [1.807, 2.05) is 52.0 Å². The van der Waals surface area contributed by atoms with Crippen molar-refractivity contribution in [2.75, 3.05) is 5.75 Å². The van der Waals surface area contributed by atoms with Crippen LogP contribution in [0.3, 0.4) is 0 Å². The van der Waals surface area contributed by atoms with E-state index in [1.165, 1.54) is 16.7 Å². The van der Waals surface area contributed by atoms with Crippen LogP contribution >= 0.6 is 11.8 Å². The maximum absolute atomic E-state index is 13.1. The molecule has 2 rings (SSSR count). The van der Waals surface area contributed by atoms with Gasteiger partial charge in [0.25, 0.3) is 0 Å². The van der Waals surface area contributed by atoms with Gasteiger partial charge < -0.3 is 10.2 Å². The molecule has 0 saturated carbocycles.